The maximum Gasteiger partial charge on any atom is 0.0184 e. The molecule has 0 aromatic rings. The molecule has 0 spiro atoms. The van der Waals surface area contributed by atoms with Gasteiger partial charge in [-0.3, -0.25) is 0 Å². The topological polar surface area (TPSA) is 0 Å². The molecule has 1 heteroatoms. The fourth-order valence-corrected chi connectivity index (χ4v) is 1.39. The van der Waals surface area contributed by atoms with Crippen molar-refractivity contribution in [2.24, 2.45) is 5.41 Å². The summed E-state index contributed by atoms with van der Waals surface area (Å²) in [6.07, 6.45) is 6.32. The first-order chi connectivity index (χ1) is 5.00. The molecule has 0 amide bonds. The fourth-order valence-electron chi connectivity index (χ4n) is 1.24. The molecule has 0 fully saturated rings. The van der Waals surface area contributed by atoms with Gasteiger partial charge in [-0.2, -0.15) is 0 Å². The summed E-state index contributed by atoms with van der Waals surface area (Å²) in [4.78, 5) is 0. The van der Waals surface area contributed by atoms with E-state index in [-0.39, 0.29) is 0 Å². The van der Waals surface area contributed by atoms with Crippen LogP contribution in [0.15, 0.2) is 22.8 Å². The molecule has 0 saturated carbocycles. The smallest absolute Gasteiger partial charge is 0.0184 e. The van der Waals surface area contributed by atoms with Gasteiger partial charge in [-0.1, -0.05) is 44.0 Å². The predicted molar refractivity (Wildman–Crippen MR) is 50.7 cm³/mol. The van der Waals surface area contributed by atoms with Gasteiger partial charge in [0.05, 0.1) is 0 Å². The van der Waals surface area contributed by atoms with Crippen LogP contribution < -0.4 is 0 Å². The lowest BCUT2D eigenvalue weighted by atomic mass is 9.82. The van der Waals surface area contributed by atoms with Gasteiger partial charge in [0.2, 0.25) is 0 Å². The van der Waals surface area contributed by atoms with Crippen molar-refractivity contribution in [2.45, 2.75) is 33.6 Å². The van der Waals surface area contributed by atoms with Crippen LogP contribution in [0.1, 0.15) is 33.6 Å². The number of hydrogen-bond acceptors (Lipinski definition) is 0. The molecular weight excluding hydrogens is 156 g/mol. The second kappa shape index (κ2) is 3.02. The van der Waals surface area contributed by atoms with Gasteiger partial charge in [-0.25, -0.2) is 0 Å². The van der Waals surface area contributed by atoms with E-state index >= 15 is 0 Å². The predicted octanol–water partition coefficient (Wildman–Crippen LogP) is 3.88. The van der Waals surface area contributed by atoms with E-state index in [1.165, 1.54) is 5.57 Å². The van der Waals surface area contributed by atoms with E-state index < -0.39 is 0 Å². The highest BCUT2D eigenvalue weighted by Gasteiger charge is 2.17. The zero-order valence-corrected chi connectivity index (χ0v) is 8.20. The fraction of sp³-hybridized carbons (Fsp3) is 0.600. The minimum absolute atomic E-state index is 0.314. The molecule has 0 aromatic heterocycles. The molecule has 1 rings (SSSR count). The van der Waals surface area contributed by atoms with Crippen molar-refractivity contribution in [2.75, 3.05) is 0 Å². The third-order valence-electron chi connectivity index (χ3n) is 2.06. The average Bonchev–Trinajstić information content (AvgIpc) is 1.86. The van der Waals surface area contributed by atoms with Gasteiger partial charge >= 0.3 is 0 Å². The first kappa shape index (κ1) is 8.86. The van der Waals surface area contributed by atoms with Crippen LogP contribution in [0.2, 0.25) is 0 Å². The normalized spacial score (nSPS) is 19.3. The van der Waals surface area contributed by atoms with Crippen LogP contribution >= 0.6 is 11.6 Å². The van der Waals surface area contributed by atoms with Gasteiger partial charge in [0, 0.05) is 5.03 Å². The molecule has 1 aliphatic carbocycles. The Bertz CT molecular complexity index is 203. The molecule has 0 atom stereocenters. The molecule has 0 radical (unpaired) electrons. The summed E-state index contributed by atoms with van der Waals surface area (Å²) in [5.74, 6) is 0. The molecule has 0 nitrogen and oxygen atoms in total. The molecular formula is C10H15Cl. The van der Waals surface area contributed by atoms with Gasteiger partial charge in [-0.15, -0.1) is 0 Å². The van der Waals surface area contributed by atoms with Gasteiger partial charge in [0.15, 0.2) is 0 Å². The third kappa shape index (κ3) is 2.37. The zero-order valence-electron chi connectivity index (χ0n) is 7.45. The Morgan fingerprint density at radius 2 is 1.82 bits per heavy atom. The standard InChI is InChI=1S/C10H15Cl/c1-10(2,3)8-4-6-9(11)7-5-8/h4,6H,5,7H2,1-3H3. The number of halogens is 1. The molecule has 0 aromatic carbocycles. The molecule has 0 bridgehead atoms. The Morgan fingerprint density at radius 3 is 2.18 bits per heavy atom. The first-order valence-electron chi connectivity index (χ1n) is 4.06. The molecule has 62 valence electrons. The highest BCUT2D eigenvalue weighted by atomic mass is 35.5. The van der Waals surface area contributed by atoms with Crippen LogP contribution in [0.3, 0.4) is 0 Å². The second-order valence-electron chi connectivity index (χ2n) is 4.06. The lowest BCUT2D eigenvalue weighted by molar-refractivity contribution is 0.481. The SMILES string of the molecule is CC(C)(C)C1=CC=C(Cl)CC1. The van der Waals surface area contributed by atoms with Crippen molar-refractivity contribution >= 4 is 11.6 Å². The first-order valence-corrected chi connectivity index (χ1v) is 4.43. The van der Waals surface area contributed by atoms with E-state index in [0.717, 1.165) is 17.9 Å². The van der Waals surface area contributed by atoms with Crippen molar-refractivity contribution in [3.8, 4) is 0 Å². The molecule has 0 heterocycles. The largest absolute Gasteiger partial charge is 0.0891 e. The van der Waals surface area contributed by atoms with E-state index in [4.69, 9.17) is 11.6 Å². The Hall–Kier alpha value is -0.230. The minimum atomic E-state index is 0.314. The van der Waals surface area contributed by atoms with Gasteiger partial charge < -0.3 is 0 Å². The van der Waals surface area contributed by atoms with E-state index in [2.05, 4.69) is 26.8 Å². The molecule has 0 saturated heterocycles. The second-order valence-corrected chi connectivity index (χ2v) is 4.54. The van der Waals surface area contributed by atoms with Crippen LogP contribution in [0.4, 0.5) is 0 Å². The Morgan fingerprint density at radius 1 is 1.18 bits per heavy atom. The van der Waals surface area contributed by atoms with Crippen LogP contribution in [0, 0.1) is 5.41 Å². The summed E-state index contributed by atoms with van der Waals surface area (Å²) >= 11 is 5.85. The van der Waals surface area contributed by atoms with Crippen LogP contribution in [0.25, 0.3) is 0 Å². The Balaban J connectivity index is 2.77. The van der Waals surface area contributed by atoms with Gasteiger partial charge in [0.1, 0.15) is 0 Å². The van der Waals surface area contributed by atoms with Crippen molar-refractivity contribution in [3.05, 3.63) is 22.8 Å². The highest BCUT2D eigenvalue weighted by Crippen LogP contribution is 2.33. The number of allylic oxidation sites excluding steroid dienone is 4. The summed E-state index contributed by atoms with van der Waals surface area (Å²) in [7, 11) is 0. The third-order valence-corrected chi connectivity index (χ3v) is 2.38. The monoisotopic (exact) mass is 170 g/mol. The van der Waals surface area contributed by atoms with E-state index in [1.807, 2.05) is 6.08 Å². The van der Waals surface area contributed by atoms with E-state index in [9.17, 15) is 0 Å². The number of hydrogen-bond donors (Lipinski definition) is 0. The number of rotatable bonds is 0. The van der Waals surface area contributed by atoms with E-state index in [0.29, 0.717) is 5.41 Å². The maximum atomic E-state index is 5.85. The van der Waals surface area contributed by atoms with Gasteiger partial charge in [-0.05, 0) is 24.3 Å². The van der Waals surface area contributed by atoms with Crippen LogP contribution in [-0.4, -0.2) is 0 Å². The minimum Gasteiger partial charge on any atom is -0.0891 e. The molecule has 0 unspecified atom stereocenters. The zero-order chi connectivity index (χ0) is 8.48. The van der Waals surface area contributed by atoms with Crippen molar-refractivity contribution in [3.63, 3.8) is 0 Å². The quantitative estimate of drug-likeness (QED) is 0.518. The summed E-state index contributed by atoms with van der Waals surface area (Å²) in [5, 5.41) is 0.984. The summed E-state index contributed by atoms with van der Waals surface area (Å²) < 4.78 is 0. The Kier molecular flexibility index (Phi) is 2.43. The summed E-state index contributed by atoms with van der Waals surface area (Å²) in [6.45, 7) is 6.73. The highest BCUT2D eigenvalue weighted by molar-refractivity contribution is 6.29. The maximum absolute atomic E-state index is 5.85. The molecule has 1 aliphatic rings. The lowest BCUT2D eigenvalue weighted by Gasteiger charge is -2.24. The summed E-state index contributed by atoms with van der Waals surface area (Å²) in [5.41, 5.74) is 1.82. The summed E-state index contributed by atoms with van der Waals surface area (Å²) in [6, 6.07) is 0. The van der Waals surface area contributed by atoms with Gasteiger partial charge in [0.25, 0.3) is 0 Å². The lowest BCUT2D eigenvalue weighted by Crippen LogP contribution is -2.10. The van der Waals surface area contributed by atoms with Crippen molar-refractivity contribution < 1.29 is 0 Å². The Labute approximate surface area is 73.9 Å². The molecule has 11 heavy (non-hydrogen) atoms. The van der Waals surface area contributed by atoms with E-state index in [1.54, 1.807) is 0 Å². The van der Waals surface area contributed by atoms with Crippen molar-refractivity contribution in [1.82, 2.24) is 0 Å². The van der Waals surface area contributed by atoms with Crippen LogP contribution in [-0.2, 0) is 0 Å². The van der Waals surface area contributed by atoms with Crippen LogP contribution in [0.5, 0.6) is 0 Å². The average molecular weight is 171 g/mol. The molecule has 0 aliphatic heterocycles. The van der Waals surface area contributed by atoms with Crippen molar-refractivity contribution in [1.29, 1.82) is 0 Å². The molecule has 0 N–H and O–H groups in total.